The second kappa shape index (κ2) is 4.10. The molecule has 0 N–H and O–H groups in total. The van der Waals surface area contributed by atoms with Crippen LogP contribution < -0.4 is 0 Å². The predicted octanol–water partition coefficient (Wildman–Crippen LogP) is 3.33. The van der Waals surface area contributed by atoms with Crippen LogP contribution in [0.5, 0.6) is 0 Å². The summed E-state index contributed by atoms with van der Waals surface area (Å²) < 4.78 is 0. The summed E-state index contributed by atoms with van der Waals surface area (Å²) in [5, 5.41) is 0. The molecule has 56 valence electrons. The van der Waals surface area contributed by atoms with Gasteiger partial charge in [-0.3, -0.25) is 0 Å². The molecule has 0 nitrogen and oxygen atoms in total. The molecule has 0 unspecified atom stereocenters. The monoisotopic (exact) mass is 136 g/mol. The van der Waals surface area contributed by atoms with Gasteiger partial charge in [0.15, 0.2) is 0 Å². The highest BCUT2D eigenvalue weighted by atomic mass is 14.0. The van der Waals surface area contributed by atoms with Crippen molar-refractivity contribution in [3.05, 3.63) is 36.5 Å². The van der Waals surface area contributed by atoms with E-state index in [2.05, 4.69) is 33.1 Å². The summed E-state index contributed by atoms with van der Waals surface area (Å²) in [4.78, 5) is 0. The lowest BCUT2D eigenvalue weighted by Gasteiger charge is -2.04. The SMILES string of the molecule is C=CC(=CC(=C)C)C(C)C. The Balaban J connectivity index is 4.33. The molecule has 0 atom stereocenters. The molecule has 0 heterocycles. The van der Waals surface area contributed by atoms with Crippen LogP contribution in [0.25, 0.3) is 0 Å². The normalized spacial score (nSPS) is 11.8. The van der Waals surface area contributed by atoms with Gasteiger partial charge < -0.3 is 0 Å². The summed E-state index contributed by atoms with van der Waals surface area (Å²) in [6, 6.07) is 0. The first-order valence-electron chi connectivity index (χ1n) is 3.57. The van der Waals surface area contributed by atoms with E-state index < -0.39 is 0 Å². The van der Waals surface area contributed by atoms with Crippen molar-refractivity contribution < 1.29 is 0 Å². The fourth-order valence-corrected chi connectivity index (χ4v) is 0.746. The highest BCUT2D eigenvalue weighted by molar-refractivity contribution is 5.27. The van der Waals surface area contributed by atoms with E-state index in [1.54, 1.807) is 0 Å². The summed E-state index contributed by atoms with van der Waals surface area (Å²) in [6.45, 7) is 13.8. The van der Waals surface area contributed by atoms with E-state index in [1.807, 2.05) is 13.0 Å². The van der Waals surface area contributed by atoms with Crippen molar-refractivity contribution in [3.8, 4) is 0 Å². The Morgan fingerprint density at radius 1 is 1.40 bits per heavy atom. The fraction of sp³-hybridized carbons (Fsp3) is 0.400. The van der Waals surface area contributed by atoms with Crippen LogP contribution in [0, 0.1) is 5.92 Å². The summed E-state index contributed by atoms with van der Waals surface area (Å²) in [5.74, 6) is 0.550. The van der Waals surface area contributed by atoms with Gasteiger partial charge in [-0.2, -0.15) is 0 Å². The number of allylic oxidation sites excluding steroid dienone is 4. The van der Waals surface area contributed by atoms with E-state index in [9.17, 15) is 0 Å². The molecule has 0 aliphatic rings. The highest BCUT2D eigenvalue weighted by Gasteiger charge is 1.96. The first kappa shape index (κ1) is 9.22. The highest BCUT2D eigenvalue weighted by Crippen LogP contribution is 2.11. The molecule has 0 bridgehead atoms. The number of hydrogen-bond acceptors (Lipinski definition) is 0. The molecule has 0 aliphatic carbocycles. The van der Waals surface area contributed by atoms with Crippen LogP contribution in [-0.2, 0) is 0 Å². The number of rotatable bonds is 3. The lowest BCUT2D eigenvalue weighted by atomic mass is 10.0. The van der Waals surface area contributed by atoms with Gasteiger partial charge in [-0.25, -0.2) is 0 Å². The predicted molar refractivity (Wildman–Crippen MR) is 47.9 cm³/mol. The van der Waals surface area contributed by atoms with E-state index in [1.165, 1.54) is 5.57 Å². The lowest BCUT2D eigenvalue weighted by Crippen LogP contribution is -1.89. The van der Waals surface area contributed by atoms with E-state index in [0.29, 0.717) is 5.92 Å². The van der Waals surface area contributed by atoms with E-state index in [-0.39, 0.29) is 0 Å². The zero-order valence-electron chi connectivity index (χ0n) is 7.15. The second-order valence-corrected chi connectivity index (χ2v) is 2.85. The fourth-order valence-electron chi connectivity index (χ4n) is 0.746. The smallest absolute Gasteiger partial charge is 0.0219 e. The Labute approximate surface area is 64.0 Å². The zero-order valence-corrected chi connectivity index (χ0v) is 7.15. The molecule has 0 amide bonds. The quantitative estimate of drug-likeness (QED) is 0.522. The van der Waals surface area contributed by atoms with Gasteiger partial charge >= 0.3 is 0 Å². The van der Waals surface area contributed by atoms with E-state index >= 15 is 0 Å². The van der Waals surface area contributed by atoms with Gasteiger partial charge in [-0.05, 0) is 18.4 Å². The van der Waals surface area contributed by atoms with Crippen molar-refractivity contribution in [2.24, 2.45) is 5.92 Å². The van der Waals surface area contributed by atoms with Gasteiger partial charge in [0.05, 0.1) is 0 Å². The number of hydrogen-bond donors (Lipinski definition) is 0. The molecule has 0 rings (SSSR count). The summed E-state index contributed by atoms with van der Waals surface area (Å²) in [5.41, 5.74) is 2.34. The minimum Gasteiger partial charge on any atom is -0.0988 e. The van der Waals surface area contributed by atoms with Crippen LogP contribution >= 0.6 is 0 Å². The van der Waals surface area contributed by atoms with Crippen molar-refractivity contribution in [3.63, 3.8) is 0 Å². The first-order valence-corrected chi connectivity index (χ1v) is 3.57. The Hall–Kier alpha value is -0.780. The Bertz CT molecular complexity index is 159. The molecule has 0 saturated heterocycles. The third-order valence-corrected chi connectivity index (χ3v) is 1.32. The lowest BCUT2D eigenvalue weighted by molar-refractivity contribution is 0.791. The van der Waals surface area contributed by atoms with E-state index in [0.717, 1.165) is 5.57 Å². The average molecular weight is 136 g/mol. The van der Waals surface area contributed by atoms with Crippen molar-refractivity contribution >= 4 is 0 Å². The minimum atomic E-state index is 0.550. The summed E-state index contributed by atoms with van der Waals surface area (Å²) in [6.07, 6.45) is 3.96. The molecule has 0 fully saturated rings. The standard InChI is InChI=1S/C10H16/c1-6-10(9(4)5)7-8(2)3/h6-7,9H,1-2H2,3-5H3. The van der Waals surface area contributed by atoms with Crippen molar-refractivity contribution in [1.82, 2.24) is 0 Å². The molecule has 10 heavy (non-hydrogen) atoms. The topological polar surface area (TPSA) is 0 Å². The third-order valence-electron chi connectivity index (χ3n) is 1.32. The summed E-state index contributed by atoms with van der Waals surface area (Å²) >= 11 is 0. The van der Waals surface area contributed by atoms with Crippen LogP contribution in [0.2, 0.25) is 0 Å². The average Bonchev–Trinajstić information content (AvgIpc) is 1.81. The Morgan fingerprint density at radius 3 is 2.00 bits per heavy atom. The molecule has 0 aromatic carbocycles. The van der Waals surface area contributed by atoms with Gasteiger partial charge in [-0.15, -0.1) is 0 Å². The molecular weight excluding hydrogens is 120 g/mol. The molecule has 0 radical (unpaired) electrons. The van der Waals surface area contributed by atoms with Crippen LogP contribution in [0.15, 0.2) is 36.5 Å². The molecule has 0 heteroatoms. The molecule has 0 saturated carbocycles. The van der Waals surface area contributed by atoms with Gasteiger partial charge in [-0.1, -0.05) is 44.7 Å². The van der Waals surface area contributed by atoms with Gasteiger partial charge in [0.25, 0.3) is 0 Å². The maximum atomic E-state index is 3.80. The molecular formula is C10H16. The third kappa shape index (κ3) is 3.29. The largest absolute Gasteiger partial charge is 0.0988 e. The van der Waals surface area contributed by atoms with Gasteiger partial charge in [0.2, 0.25) is 0 Å². The minimum absolute atomic E-state index is 0.550. The second-order valence-electron chi connectivity index (χ2n) is 2.85. The Kier molecular flexibility index (Phi) is 3.78. The molecule has 0 aromatic rings. The van der Waals surface area contributed by atoms with Crippen molar-refractivity contribution in [2.75, 3.05) is 0 Å². The maximum Gasteiger partial charge on any atom is -0.0219 e. The van der Waals surface area contributed by atoms with Crippen LogP contribution in [0.3, 0.4) is 0 Å². The molecule has 0 aliphatic heterocycles. The molecule has 0 spiro atoms. The van der Waals surface area contributed by atoms with Gasteiger partial charge in [0, 0.05) is 0 Å². The van der Waals surface area contributed by atoms with Crippen LogP contribution in [0.4, 0.5) is 0 Å². The zero-order chi connectivity index (χ0) is 8.15. The van der Waals surface area contributed by atoms with Crippen LogP contribution in [-0.4, -0.2) is 0 Å². The van der Waals surface area contributed by atoms with Crippen LogP contribution in [0.1, 0.15) is 20.8 Å². The van der Waals surface area contributed by atoms with Crippen molar-refractivity contribution in [1.29, 1.82) is 0 Å². The van der Waals surface area contributed by atoms with Gasteiger partial charge in [0.1, 0.15) is 0 Å². The Morgan fingerprint density at radius 2 is 1.90 bits per heavy atom. The van der Waals surface area contributed by atoms with Crippen molar-refractivity contribution in [2.45, 2.75) is 20.8 Å². The van der Waals surface area contributed by atoms with E-state index in [4.69, 9.17) is 0 Å². The maximum absolute atomic E-state index is 3.80. The molecule has 0 aromatic heterocycles. The first-order chi connectivity index (χ1) is 4.57. The summed E-state index contributed by atoms with van der Waals surface area (Å²) in [7, 11) is 0.